The van der Waals surface area contributed by atoms with Crippen LogP contribution in [0.4, 0.5) is 11.9 Å². The van der Waals surface area contributed by atoms with Gasteiger partial charge in [-0.3, -0.25) is 0 Å². The average molecular weight is 225 g/mol. The second-order valence-corrected chi connectivity index (χ2v) is 3.52. The van der Waals surface area contributed by atoms with Gasteiger partial charge in [0.25, 0.3) is 5.78 Å². The van der Waals surface area contributed by atoms with Gasteiger partial charge in [-0.05, 0) is 13.2 Å². The van der Waals surface area contributed by atoms with Gasteiger partial charge in [0, 0.05) is 6.54 Å². The predicted molar refractivity (Wildman–Crippen MR) is 58.9 cm³/mol. The monoisotopic (exact) mass is 225 g/mol. The van der Waals surface area contributed by atoms with E-state index in [1.807, 2.05) is 13.2 Å². The number of hydrogen-bond acceptors (Lipinski definition) is 7. The van der Waals surface area contributed by atoms with E-state index >= 15 is 0 Å². The van der Waals surface area contributed by atoms with Gasteiger partial charge in [-0.1, -0.05) is 11.8 Å². The van der Waals surface area contributed by atoms with E-state index in [0.717, 1.165) is 6.54 Å². The van der Waals surface area contributed by atoms with Crippen molar-refractivity contribution in [3.63, 3.8) is 0 Å². The molecule has 0 amide bonds. The molecule has 0 radical (unpaired) electrons. The highest BCUT2D eigenvalue weighted by molar-refractivity contribution is 7.98. The van der Waals surface area contributed by atoms with Crippen LogP contribution in [0.25, 0.3) is 5.78 Å². The molecule has 7 nitrogen and oxygen atoms in total. The Hall–Kier alpha value is -1.57. The van der Waals surface area contributed by atoms with E-state index in [1.165, 1.54) is 16.3 Å². The Morgan fingerprint density at radius 1 is 1.40 bits per heavy atom. The lowest BCUT2D eigenvalue weighted by molar-refractivity contribution is 0.864. The lowest BCUT2D eigenvalue weighted by Crippen LogP contribution is -2.09. The Balaban J connectivity index is 2.54. The summed E-state index contributed by atoms with van der Waals surface area (Å²) < 4.78 is 1.42. The van der Waals surface area contributed by atoms with Crippen LogP contribution in [0.1, 0.15) is 6.92 Å². The van der Waals surface area contributed by atoms with E-state index in [9.17, 15) is 0 Å². The minimum Gasteiger partial charge on any atom is -0.368 e. The molecule has 0 aliphatic rings. The largest absolute Gasteiger partial charge is 0.368 e. The zero-order valence-electron chi connectivity index (χ0n) is 8.43. The van der Waals surface area contributed by atoms with Gasteiger partial charge in [0.1, 0.15) is 0 Å². The number of hydrogen-bond donors (Lipinski definition) is 2. The maximum Gasteiger partial charge on any atom is 0.259 e. The number of nitrogens with one attached hydrogen (secondary N) is 1. The number of anilines is 2. The predicted octanol–water partition coefficient (Wildman–Crippen LogP) is 0.255. The van der Waals surface area contributed by atoms with Crippen LogP contribution < -0.4 is 11.1 Å². The van der Waals surface area contributed by atoms with Crippen LogP contribution in [0.5, 0.6) is 0 Å². The fourth-order valence-corrected chi connectivity index (χ4v) is 1.45. The molecule has 80 valence electrons. The van der Waals surface area contributed by atoms with Gasteiger partial charge in [0.2, 0.25) is 17.1 Å². The van der Waals surface area contributed by atoms with Crippen molar-refractivity contribution in [1.82, 2.24) is 24.6 Å². The first-order chi connectivity index (χ1) is 7.24. The van der Waals surface area contributed by atoms with Gasteiger partial charge in [0.15, 0.2) is 0 Å². The third-order valence-corrected chi connectivity index (χ3v) is 2.27. The Bertz CT molecular complexity index is 479. The van der Waals surface area contributed by atoms with Crippen molar-refractivity contribution in [2.45, 2.75) is 12.1 Å². The fourth-order valence-electron chi connectivity index (χ4n) is 1.11. The van der Waals surface area contributed by atoms with Crippen LogP contribution in [0, 0.1) is 0 Å². The molecular formula is C7H11N7S. The first kappa shape index (κ1) is 9.97. The third-order valence-electron chi connectivity index (χ3n) is 1.73. The quantitative estimate of drug-likeness (QED) is 0.723. The summed E-state index contributed by atoms with van der Waals surface area (Å²) in [5.41, 5.74) is 5.72. The number of thioether (sulfide) groups is 1. The average Bonchev–Trinajstić information content (AvgIpc) is 2.62. The summed E-state index contributed by atoms with van der Waals surface area (Å²) in [5, 5.41) is 7.73. The van der Waals surface area contributed by atoms with Gasteiger partial charge in [0.05, 0.1) is 0 Å². The van der Waals surface area contributed by atoms with E-state index in [-0.39, 0.29) is 5.95 Å². The molecule has 8 heteroatoms. The number of nitrogens with zero attached hydrogens (tertiary/aromatic N) is 5. The summed E-state index contributed by atoms with van der Waals surface area (Å²) >= 11 is 1.44. The van der Waals surface area contributed by atoms with Crippen molar-refractivity contribution in [3.8, 4) is 0 Å². The summed E-state index contributed by atoms with van der Waals surface area (Å²) in [7, 11) is 0. The van der Waals surface area contributed by atoms with E-state index in [0.29, 0.717) is 16.9 Å². The van der Waals surface area contributed by atoms with Crippen LogP contribution in [0.15, 0.2) is 5.16 Å². The molecule has 0 saturated heterocycles. The molecule has 2 rings (SSSR count). The van der Waals surface area contributed by atoms with Gasteiger partial charge >= 0.3 is 0 Å². The Morgan fingerprint density at radius 3 is 2.87 bits per heavy atom. The molecule has 0 bridgehead atoms. The summed E-state index contributed by atoms with van der Waals surface area (Å²) in [6, 6.07) is 0. The van der Waals surface area contributed by atoms with Gasteiger partial charge in [-0.2, -0.15) is 19.5 Å². The Kier molecular flexibility index (Phi) is 2.58. The molecule has 0 saturated carbocycles. The van der Waals surface area contributed by atoms with Crippen molar-refractivity contribution in [1.29, 1.82) is 0 Å². The maximum atomic E-state index is 5.72. The topological polar surface area (TPSA) is 94.0 Å². The van der Waals surface area contributed by atoms with Crippen molar-refractivity contribution in [3.05, 3.63) is 0 Å². The lowest BCUT2D eigenvalue weighted by Gasteiger charge is -2.01. The summed E-state index contributed by atoms with van der Waals surface area (Å²) in [6.45, 7) is 2.69. The van der Waals surface area contributed by atoms with Crippen LogP contribution in [0.3, 0.4) is 0 Å². The first-order valence-corrected chi connectivity index (χ1v) is 5.65. The zero-order valence-corrected chi connectivity index (χ0v) is 9.25. The molecular weight excluding hydrogens is 214 g/mol. The number of rotatable bonds is 3. The van der Waals surface area contributed by atoms with Crippen LogP contribution >= 0.6 is 11.8 Å². The highest BCUT2D eigenvalue weighted by Crippen LogP contribution is 2.12. The van der Waals surface area contributed by atoms with Crippen molar-refractivity contribution in [2.75, 3.05) is 23.9 Å². The number of nitrogen functional groups attached to an aromatic ring is 1. The van der Waals surface area contributed by atoms with Gasteiger partial charge < -0.3 is 11.1 Å². The molecule has 0 fully saturated rings. The van der Waals surface area contributed by atoms with Crippen LogP contribution in [-0.2, 0) is 0 Å². The lowest BCUT2D eigenvalue weighted by atomic mass is 10.7. The normalized spacial score (nSPS) is 10.8. The van der Waals surface area contributed by atoms with Crippen molar-refractivity contribution in [2.24, 2.45) is 0 Å². The highest BCUT2D eigenvalue weighted by Gasteiger charge is 2.09. The van der Waals surface area contributed by atoms with E-state index in [4.69, 9.17) is 5.73 Å². The molecule has 0 aromatic carbocycles. The molecule has 0 spiro atoms. The second-order valence-electron chi connectivity index (χ2n) is 2.75. The smallest absolute Gasteiger partial charge is 0.259 e. The van der Waals surface area contributed by atoms with Crippen LogP contribution in [0.2, 0.25) is 0 Å². The summed E-state index contributed by atoms with van der Waals surface area (Å²) in [6.07, 6.45) is 1.89. The molecule has 2 aromatic rings. The third kappa shape index (κ3) is 1.80. The minimum absolute atomic E-state index is 0.281. The molecule has 0 aliphatic heterocycles. The van der Waals surface area contributed by atoms with Crippen molar-refractivity contribution >= 4 is 29.4 Å². The van der Waals surface area contributed by atoms with Crippen LogP contribution in [-0.4, -0.2) is 37.4 Å². The zero-order chi connectivity index (χ0) is 10.8. The van der Waals surface area contributed by atoms with Gasteiger partial charge in [-0.25, -0.2) is 0 Å². The standard InChI is InChI=1S/C7H11N7S/c1-3-9-5-10-4(8)14-6(11-5)12-7(13-14)15-2/h3H2,1-2H3,(H3,8,9,10,11,12,13). The number of aromatic nitrogens is 5. The summed E-state index contributed by atoms with van der Waals surface area (Å²) in [4.78, 5) is 12.4. The number of nitrogens with two attached hydrogens (primary N) is 1. The SMILES string of the molecule is CCNc1nc(N)n2nc(SC)nc2n1. The number of fused-ring (bicyclic) bond motifs is 1. The molecule has 0 aliphatic carbocycles. The molecule has 0 unspecified atom stereocenters. The molecule has 3 N–H and O–H groups in total. The Labute approximate surface area is 90.5 Å². The fraction of sp³-hybridized carbons (Fsp3) is 0.429. The minimum atomic E-state index is 0.281. The summed E-state index contributed by atoms with van der Waals surface area (Å²) in [5.74, 6) is 1.22. The van der Waals surface area contributed by atoms with Gasteiger partial charge in [-0.15, -0.1) is 5.10 Å². The maximum absolute atomic E-state index is 5.72. The molecule has 0 atom stereocenters. The molecule has 2 heterocycles. The Morgan fingerprint density at radius 2 is 2.20 bits per heavy atom. The molecule has 15 heavy (non-hydrogen) atoms. The van der Waals surface area contributed by atoms with E-state index in [1.54, 1.807) is 0 Å². The van der Waals surface area contributed by atoms with Crippen molar-refractivity contribution < 1.29 is 0 Å². The second kappa shape index (κ2) is 3.89. The first-order valence-electron chi connectivity index (χ1n) is 4.42. The van der Waals surface area contributed by atoms with E-state index in [2.05, 4.69) is 25.4 Å². The highest BCUT2D eigenvalue weighted by atomic mass is 32.2. The van der Waals surface area contributed by atoms with E-state index < -0.39 is 0 Å². The molecule has 2 aromatic heterocycles.